The fourth-order valence-electron chi connectivity index (χ4n) is 3.91. The van der Waals surface area contributed by atoms with Crippen LogP contribution in [-0.4, -0.2) is 14.7 Å². The molecule has 0 saturated carbocycles. The molecule has 4 nitrogen and oxygen atoms in total. The minimum Gasteiger partial charge on any atom is -0.352 e. The van der Waals surface area contributed by atoms with Crippen LogP contribution in [0.5, 0.6) is 0 Å². The molecule has 0 unspecified atom stereocenters. The van der Waals surface area contributed by atoms with E-state index in [4.69, 9.17) is 12.2 Å². The molecule has 0 spiro atoms. The van der Waals surface area contributed by atoms with E-state index in [9.17, 15) is 4.39 Å². The number of hydrogen-bond acceptors (Lipinski definition) is 2. The number of thiocarbonyl (C=S) groups is 1. The van der Waals surface area contributed by atoms with Gasteiger partial charge in [-0.1, -0.05) is 6.07 Å². The van der Waals surface area contributed by atoms with Crippen molar-refractivity contribution in [1.82, 2.24) is 14.9 Å². The normalized spacial score (nSPS) is 19.2. The highest BCUT2D eigenvalue weighted by molar-refractivity contribution is 7.80. The van der Waals surface area contributed by atoms with Gasteiger partial charge in [0.2, 0.25) is 0 Å². The largest absolute Gasteiger partial charge is 0.352 e. The number of aryl methyl sites for hydroxylation is 2. The molecule has 0 amide bonds. The Hall–Kier alpha value is -2.73. The summed E-state index contributed by atoms with van der Waals surface area (Å²) in [7, 11) is 2.07. The first-order chi connectivity index (χ1) is 13.4. The predicted octanol–water partition coefficient (Wildman–Crippen LogP) is 4.66. The Bertz CT molecular complexity index is 1040. The summed E-state index contributed by atoms with van der Waals surface area (Å²) in [6.07, 6.45) is 1.80. The Kier molecular flexibility index (Phi) is 4.67. The smallest absolute Gasteiger partial charge is 0.174 e. The second kappa shape index (κ2) is 7.02. The second-order valence-electron chi connectivity index (χ2n) is 7.32. The van der Waals surface area contributed by atoms with Crippen molar-refractivity contribution >= 4 is 23.0 Å². The van der Waals surface area contributed by atoms with Gasteiger partial charge in [0.25, 0.3) is 0 Å². The highest BCUT2D eigenvalue weighted by atomic mass is 32.1. The van der Waals surface area contributed by atoms with E-state index in [1.54, 1.807) is 19.2 Å². The fraction of sp³-hybridized carbons (Fsp3) is 0.273. The van der Waals surface area contributed by atoms with Crippen LogP contribution in [0.15, 0.2) is 48.7 Å². The van der Waals surface area contributed by atoms with Gasteiger partial charge in [-0.3, -0.25) is 4.98 Å². The van der Waals surface area contributed by atoms with Gasteiger partial charge < -0.3 is 14.8 Å². The third-order valence-electron chi connectivity index (χ3n) is 5.65. The van der Waals surface area contributed by atoms with Crippen LogP contribution in [0.3, 0.4) is 0 Å². The molecule has 1 saturated heterocycles. The molecule has 2 aromatic heterocycles. The molecular weight excluding hydrogens is 371 g/mol. The van der Waals surface area contributed by atoms with Gasteiger partial charge in [-0.25, -0.2) is 4.39 Å². The topological polar surface area (TPSA) is 33.1 Å². The molecule has 1 aliphatic heterocycles. The number of benzene rings is 1. The zero-order chi connectivity index (χ0) is 20.0. The van der Waals surface area contributed by atoms with Gasteiger partial charge in [-0.05, 0) is 80.5 Å². The van der Waals surface area contributed by atoms with Crippen molar-refractivity contribution in [2.45, 2.75) is 32.9 Å². The average molecular weight is 395 g/mol. The number of nitrogens with zero attached hydrogens (tertiary/aromatic N) is 3. The fourth-order valence-corrected chi connectivity index (χ4v) is 4.26. The van der Waals surface area contributed by atoms with Crippen LogP contribution in [-0.2, 0) is 7.05 Å². The van der Waals surface area contributed by atoms with Gasteiger partial charge >= 0.3 is 0 Å². The summed E-state index contributed by atoms with van der Waals surface area (Å²) in [6, 6.07) is 13.1. The van der Waals surface area contributed by atoms with Crippen LogP contribution >= 0.6 is 12.2 Å². The zero-order valence-corrected chi connectivity index (χ0v) is 17.2. The Balaban J connectivity index is 1.89. The summed E-state index contributed by atoms with van der Waals surface area (Å²) in [5.41, 5.74) is 5.95. The summed E-state index contributed by atoms with van der Waals surface area (Å²) in [5.74, 6) is -0.216. The van der Waals surface area contributed by atoms with Gasteiger partial charge in [0.1, 0.15) is 5.82 Å². The third kappa shape index (κ3) is 2.98. The van der Waals surface area contributed by atoms with Crippen molar-refractivity contribution in [1.29, 1.82) is 0 Å². The molecule has 0 aliphatic carbocycles. The molecule has 1 N–H and O–H groups in total. The second-order valence-corrected chi connectivity index (χ2v) is 7.70. The van der Waals surface area contributed by atoms with Crippen molar-refractivity contribution in [3.63, 3.8) is 0 Å². The first kappa shape index (κ1) is 18.6. The molecular formula is C22H23FN4S. The Morgan fingerprint density at radius 3 is 2.50 bits per heavy atom. The molecule has 0 radical (unpaired) electrons. The van der Waals surface area contributed by atoms with Crippen LogP contribution in [0.4, 0.5) is 10.1 Å². The van der Waals surface area contributed by atoms with Crippen molar-refractivity contribution < 1.29 is 4.39 Å². The molecule has 1 fully saturated rings. The van der Waals surface area contributed by atoms with Gasteiger partial charge in [-0.2, -0.15) is 0 Å². The summed E-state index contributed by atoms with van der Waals surface area (Å²) in [5, 5.41) is 4.07. The predicted molar refractivity (Wildman–Crippen MR) is 114 cm³/mol. The van der Waals surface area contributed by atoms with Crippen LogP contribution < -0.4 is 10.2 Å². The molecule has 28 heavy (non-hydrogen) atoms. The Morgan fingerprint density at radius 1 is 1.11 bits per heavy atom. The van der Waals surface area contributed by atoms with Crippen LogP contribution in [0.1, 0.15) is 40.3 Å². The van der Waals surface area contributed by atoms with E-state index in [0.717, 1.165) is 11.4 Å². The highest BCUT2D eigenvalue weighted by Gasteiger charge is 2.42. The molecule has 144 valence electrons. The van der Waals surface area contributed by atoms with Crippen LogP contribution in [0.25, 0.3) is 0 Å². The summed E-state index contributed by atoms with van der Waals surface area (Å²) < 4.78 is 16.1. The maximum absolute atomic E-state index is 13.9. The molecule has 6 heteroatoms. The number of nitrogens with one attached hydrogen (secondary N) is 1. The molecule has 2 atom stereocenters. The first-order valence-electron chi connectivity index (χ1n) is 9.28. The molecule has 1 aliphatic rings. The molecule has 3 aromatic rings. The number of pyridine rings is 1. The number of rotatable bonds is 3. The van der Waals surface area contributed by atoms with Crippen LogP contribution in [0, 0.1) is 26.6 Å². The number of hydrogen-bond donors (Lipinski definition) is 1. The standard InChI is InChI=1S/C22H23FN4S/c1-13-11-16(8-9-18(13)23)27-21(17-12-14(2)26(4)15(17)3)20(25-22(27)28)19-7-5-6-10-24-19/h5-12,20-21H,1-4H3,(H,25,28)/t20-,21-/m1/s1. The van der Waals surface area contributed by atoms with Gasteiger partial charge in [-0.15, -0.1) is 0 Å². The minimum atomic E-state index is -0.216. The minimum absolute atomic E-state index is 0.0767. The lowest BCUT2D eigenvalue weighted by Gasteiger charge is -2.28. The summed E-state index contributed by atoms with van der Waals surface area (Å²) >= 11 is 5.72. The van der Waals surface area contributed by atoms with E-state index in [0.29, 0.717) is 10.7 Å². The lowest BCUT2D eigenvalue weighted by molar-refractivity contribution is 0.564. The Morgan fingerprint density at radius 2 is 1.89 bits per heavy atom. The van der Waals surface area contributed by atoms with Gasteiger partial charge in [0, 0.05) is 30.3 Å². The molecule has 1 aromatic carbocycles. The van der Waals surface area contributed by atoms with Crippen molar-refractivity contribution in [3.8, 4) is 0 Å². The SMILES string of the molecule is Cc1cc(N2C(=S)N[C@H](c3ccccn3)[C@H]2c2cc(C)n(C)c2C)ccc1F. The van der Waals surface area contributed by atoms with Crippen molar-refractivity contribution in [3.05, 3.63) is 82.7 Å². The summed E-state index contributed by atoms with van der Waals surface area (Å²) in [4.78, 5) is 6.66. The van der Waals surface area contributed by atoms with Crippen molar-refractivity contribution in [2.24, 2.45) is 7.05 Å². The number of anilines is 1. The zero-order valence-electron chi connectivity index (χ0n) is 16.4. The van der Waals surface area contributed by atoms with E-state index < -0.39 is 0 Å². The number of aromatic nitrogens is 2. The molecule has 4 rings (SSSR count). The molecule has 0 bridgehead atoms. The lowest BCUT2D eigenvalue weighted by Crippen LogP contribution is -2.29. The highest BCUT2D eigenvalue weighted by Crippen LogP contribution is 2.43. The first-order valence-corrected chi connectivity index (χ1v) is 9.69. The maximum Gasteiger partial charge on any atom is 0.174 e. The summed E-state index contributed by atoms with van der Waals surface area (Å²) in [6.45, 7) is 5.99. The number of halogens is 1. The van der Waals surface area contributed by atoms with E-state index in [2.05, 4.69) is 46.7 Å². The molecule has 3 heterocycles. The van der Waals surface area contributed by atoms with Crippen LogP contribution in [0.2, 0.25) is 0 Å². The maximum atomic E-state index is 13.9. The van der Waals surface area contributed by atoms with Gasteiger partial charge in [0.15, 0.2) is 5.11 Å². The average Bonchev–Trinajstić information content (AvgIpc) is 3.16. The monoisotopic (exact) mass is 394 g/mol. The van der Waals surface area contributed by atoms with Crippen molar-refractivity contribution in [2.75, 3.05) is 4.90 Å². The van der Waals surface area contributed by atoms with E-state index >= 15 is 0 Å². The third-order valence-corrected chi connectivity index (χ3v) is 5.97. The van der Waals surface area contributed by atoms with E-state index in [1.165, 1.54) is 23.0 Å². The van der Waals surface area contributed by atoms with E-state index in [1.807, 2.05) is 24.3 Å². The quantitative estimate of drug-likeness (QED) is 0.655. The van der Waals surface area contributed by atoms with E-state index in [-0.39, 0.29) is 17.9 Å². The van der Waals surface area contributed by atoms with Gasteiger partial charge in [0.05, 0.1) is 17.8 Å². The lowest BCUT2D eigenvalue weighted by atomic mass is 9.96. The Labute approximate surface area is 170 Å².